The van der Waals surface area contributed by atoms with Gasteiger partial charge in [0.15, 0.2) is 0 Å². The minimum atomic E-state index is -0.149. The molecule has 6 heteroatoms. The van der Waals surface area contributed by atoms with E-state index in [1.165, 1.54) is 65.6 Å². The molecule has 0 bridgehead atoms. The van der Waals surface area contributed by atoms with Gasteiger partial charge in [-0.3, -0.25) is 0 Å². The first kappa shape index (κ1) is 37.2. The molecule has 0 saturated carbocycles. The number of unbranched alkanes of at least 4 members (excludes halogenated alkanes) is 1. The molecular formula is C58H42BN3OS. The molecule has 1 aromatic heterocycles. The van der Waals surface area contributed by atoms with Crippen LogP contribution in [0, 0.1) is 0 Å². The van der Waals surface area contributed by atoms with Gasteiger partial charge in [0, 0.05) is 65.8 Å². The van der Waals surface area contributed by atoms with Crippen molar-refractivity contribution in [2.24, 2.45) is 0 Å². The third-order valence-corrected chi connectivity index (χ3v) is 14.5. The number of hydrogen-bond acceptors (Lipinski definition) is 5. The molecule has 0 atom stereocenters. The minimum absolute atomic E-state index is 0.149. The summed E-state index contributed by atoms with van der Waals surface area (Å²) in [6.07, 6.45) is 3.34. The van der Waals surface area contributed by atoms with Crippen LogP contribution in [0.2, 0.25) is 0 Å². The smallest absolute Gasteiger partial charge is 0.333 e. The van der Waals surface area contributed by atoms with E-state index in [9.17, 15) is 0 Å². The molecule has 9 aromatic carbocycles. The fraction of sp³-hybridized carbons (Fsp3) is 0.0690. The predicted octanol–water partition coefficient (Wildman–Crippen LogP) is 15.2. The molecule has 0 amide bonds. The van der Waals surface area contributed by atoms with E-state index in [1.54, 1.807) is 0 Å². The van der Waals surface area contributed by atoms with Gasteiger partial charge in [0.2, 0.25) is 0 Å². The molecular weight excluding hydrogens is 798 g/mol. The van der Waals surface area contributed by atoms with Crippen LogP contribution < -0.4 is 25.5 Å². The largest absolute Gasteiger partial charge is 0.456 e. The molecule has 0 unspecified atom stereocenters. The van der Waals surface area contributed by atoms with E-state index in [0.29, 0.717) is 0 Å². The van der Waals surface area contributed by atoms with Crippen molar-refractivity contribution >= 4 is 97.0 Å². The fourth-order valence-corrected chi connectivity index (χ4v) is 11.6. The summed E-state index contributed by atoms with van der Waals surface area (Å²) in [5.41, 5.74) is 19.8. The standard InChI is InChI=1S/C58H42BN3OS/c1-2-3-18-38-31-32-49(45(33-38)39-19-7-4-8-20-39)61-51-36-46-43-25-13-15-28-53(43)63-54(46)37-48(51)59-57-47(44-26-17-30-56-58(44)62(59)50-27-14-16-29-55(50)64-56)34-42(35-52(57)61)60(40-21-9-5-10-22-40)41-23-11-6-12-24-41/h4-17,19-37H,2-3,18H2,1H3. The van der Waals surface area contributed by atoms with Gasteiger partial charge in [0.1, 0.15) is 11.2 Å². The zero-order chi connectivity index (χ0) is 42.3. The Morgan fingerprint density at radius 1 is 0.516 bits per heavy atom. The highest BCUT2D eigenvalue weighted by Gasteiger charge is 2.48. The van der Waals surface area contributed by atoms with Crippen LogP contribution in [-0.2, 0) is 6.42 Å². The Morgan fingerprint density at radius 2 is 1.23 bits per heavy atom. The first-order valence-corrected chi connectivity index (χ1v) is 23.2. The van der Waals surface area contributed by atoms with E-state index in [0.717, 1.165) is 69.6 Å². The monoisotopic (exact) mass is 839 g/mol. The third-order valence-electron chi connectivity index (χ3n) is 13.3. The summed E-state index contributed by atoms with van der Waals surface area (Å²) in [7, 11) is 0. The molecule has 304 valence electrons. The molecule has 0 fully saturated rings. The molecule has 4 heterocycles. The quantitative estimate of drug-likeness (QED) is 0.142. The molecule has 0 spiro atoms. The Morgan fingerprint density at radius 3 is 2.03 bits per heavy atom. The maximum absolute atomic E-state index is 6.78. The topological polar surface area (TPSA) is 22.9 Å². The summed E-state index contributed by atoms with van der Waals surface area (Å²) < 4.78 is 6.78. The number of aryl methyl sites for hydroxylation is 1. The number of hydrogen-bond donors (Lipinski definition) is 0. The SMILES string of the molecule is CCCCc1ccc(N2c3cc4c(cc3B3c5c(cc(N(c6ccccc6)c6ccccc6)cc52)-c2cccc5c2N3c2ccccc2S5)oc2ccccc24)c(-c2ccccc2)c1. The molecule has 0 saturated heterocycles. The Hall–Kier alpha value is -7.41. The van der Waals surface area contributed by atoms with Gasteiger partial charge < -0.3 is 19.0 Å². The average Bonchev–Trinajstić information content (AvgIpc) is 3.72. The number of nitrogens with zero attached hydrogens (tertiary/aromatic N) is 3. The molecule has 3 aliphatic rings. The van der Waals surface area contributed by atoms with Crippen molar-refractivity contribution in [3.05, 3.63) is 206 Å². The predicted molar refractivity (Wildman–Crippen MR) is 270 cm³/mol. The van der Waals surface area contributed by atoms with Gasteiger partial charge in [0.25, 0.3) is 0 Å². The lowest BCUT2D eigenvalue weighted by Crippen LogP contribution is -2.62. The maximum atomic E-state index is 6.78. The van der Waals surface area contributed by atoms with Gasteiger partial charge in [-0.15, -0.1) is 0 Å². The van der Waals surface area contributed by atoms with Crippen molar-refractivity contribution in [2.75, 3.05) is 14.6 Å². The molecule has 0 N–H and O–H groups in total. The van der Waals surface area contributed by atoms with Crippen molar-refractivity contribution in [1.82, 2.24) is 0 Å². The van der Waals surface area contributed by atoms with E-state index in [-0.39, 0.29) is 6.85 Å². The fourth-order valence-electron chi connectivity index (χ4n) is 10.5. The van der Waals surface area contributed by atoms with Gasteiger partial charge >= 0.3 is 6.85 Å². The van der Waals surface area contributed by atoms with E-state index in [4.69, 9.17) is 4.42 Å². The zero-order valence-corrected chi connectivity index (χ0v) is 36.2. The molecule has 10 aromatic rings. The van der Waals surface area contributed by atoms with Crippen LogP contribution in [0.4, 0.5) is 45.5 Å². The Labute approximate surface area is 378 Å². The number of anilines is 8. The number of para-hydroxylation sites is 5. The van der Waals surface area contributed by atoms with Crippen LogP contribution in [0.3, 0.4) is 0 Å². The highest BCUT2D eigenvalue weighted by atomic mass is 32.2. The highest BCUT2D eigenvalue weighted by Crippen LogP contribution is 2.57. The van der Waals surface area contributed by atoms with Crippen molar-refractivity contribution in [1.29, 1.82) is 0 Å². The number of benzene rings is 9. The average molecular weight is 840 g/mol. The second-order valence-corrected chi connectivity index (χ2v) is 18.2. The lowest BCUT2D eigenvalue weighted by molar-refractivity contribution is 0.669. The lowest BCUT2D eigenvalue weighted by Gasteiger charge is -2.48. The summed E-state index contributed by atoms with van der Waals surface area (Å²) in [6, 6.07) is 73.8. The highest BCUT2D eigenvalue weighted by molar-refractivity contribution is 7.99. The molecule has 64 heavy (non-hydrogen) atoms. The maximum Gasteiger partial charge on any atom is 0.333 e. The molecule has 4 nitrogen and oxygen atoms in total. The summed E-state index contributed by atoms with van der Waals surface area (Å²) in [5, 5.41) is 2.23. The molecule has 0 radical (unpaired) electrons. The zero-order valence-electron chi connectivity index (χ0n) is 35.4. The van der Waals surface area contributed by atoms with Crippen LogP contribution in [0.5, 0.6) is 0 Å². The second-order valence-electron chi connectivity index (χ2n) is 17.1. The van der Waals surface area contributed by atoms with Crippen LogP contribution in [0.1, 0.15) is 25.3 Å². The molecule has 0 aliphatic carbocycles. The van der Waals surface area contributed by atoms with E-state index in [2.05, 4.69) is 222 Å². The number of rotatable bonds is 8. The first-order valence-electron chi connectivity index (χ1n) is 22.4. The van der Waals surface area contributed by atoms with Crippen molar-refractivity contribution < 1.29 is 4.42 Å². The lowest BCUT2D eigenvalue weighted by atomic mass is 9.43. The summed E-state index contributed by atoms with van der Waals surface area (Å²) in [5.74, 6) is 0. The number of fused-ring (bicyclic) bond motifs is 9. The van der Waals surface area contributed by atoms with Crippen LogP contribution in [0.25, 0.3) is 44.2 Å². The van der Waals surface area contributed by atoms with E-state index in [1.807, 2.05) is 11.8 Å². The van der Waals surface area contributed by atoms with Crippen molar-refractivity contribution in [3.8, 4) is 22.3 Å². The second kappa shape index (κ2) is 14.9. The van der Waals surface area contributed by atoms with Gasteiger partial charge in [-0.25, -0.2) is 0 Å². The number of furan rings is 1. The summed E-state index contributed by atoms with van der Waals surface area (Å²) in [6.45, 7) is 2.13. The molecule has 13 rings (SSSR count). The third kappa shape index (κ3) is 5.72. The summed E-state index contributed by atoms with van der Waals surface area (Å²) >= 11 is 1.87. The van der Waals surface area contributed by atoms with Gasteiger partial charge in [-0.05, 0) is 125 Å². The van der Waals surface area contributed by atoms with Gasteiger partial charge in [-0.2, -0.15) is 0 Å². The van der Waals surface area contributed by atoms with Gasteiger partial charge in [0.05, 0.1) is 11.4 Å². The van der Waals surface area contributed by atoms with Crippen LogP contribution in [-0.4, -0.2) is 6.85 Å². The van der Waals surface area contributed by atoms with E-state index >= 15 is 0 Å². The van der Waals surface area contributed by atoms with Crippen molar-refractivity contribution in [3.63, 3.8) is 0 Å². The van der Waals surface area contributed by atoms with Crippen molar-refractivity contribution in [2.45, 2.75) is 36.0 Å². The normalized spacial score (nSPS) is 13.1. The van der Waals surface area contributed by atoms with E-state index < -0.39 is 0 Å². The Balaban J connectivity index is 1.19. The van der Waals surface area contributed by atoms with Gasteiger partial charge in [-0.1, -0.05) is 140 Å². The minimum Gasteiger partial charge on any atom is -0.456 e. The van der Waals surface area contributed by atoms with Crippen LogP contribution in [0.15, 0.2) is 214 Å². The Kier molecular flexibility index (Phi) is 8.63. The first-order chi connectivity index (χ1) is 31.7. The van der Waals surface area contributed by atoms with Crippen LogP contribution >= 0.6 is 11.8 Å². The molecule has 3 aliphatic heterocycles. The summed E-state index contributed by atoms with van der Waals surface area (Å²) in [4.78, 5) is 10.2. The Bertz CT molecular complexity index is 3400.